The van der Waals surface area contributed by atoms with Gasteiger partial charge in [0.2, 0.25) is 17.7 Å². The fourth-order valence-electron chi connectivity index (χ4n) is 8.58. The molecule has 3 heterocycles. The van der Waals surface area contributed by atoms with E-state index in [4.69, 9.17) is 0 Å². The maximum absolute atomic E-state index is 14.8. The van der Waals surface area contributed by atoms with Gasteiger partial charge in [0.25, 0.3) is 5.78 Å². The first-order chi connectivity index (χ1) is 26.8. The Hall–Kier alpha value is -4.34. The van der Waals surface area contributed by atoms with Gasteiger partial charge >= 0.3 is 11.9 Å². The lowest BCUT2D eigenvalue weighted by Gasteiger charge is -2.47. The van der Waals surface area contributed by atoms with E-state index in [0.29, 0.717) is 11.3 Å². The fourth-order valence-corrected chi connectivity index (χ4v) is 9.48. The molecule has 1 aliphatic carbocycles. The van der Waals surface area contributed by atoms with Crippen molar-refractivity contribution in [2.24, 2.45) is 17.8 Å². The molecule has 2 aliphatic heterocycles. The van der Waals surface area contributed by atoms with Crippen LogP contribution in [0.1, 0.15) is 83.6 Å². The molecule has 4 N–H and O–H groups in total. The molecule has 14 nitrogen and oxygen atoms in total. The second-order valence-corrected chi connectivity index (χ2v) is 16.7. The third-order valence-electron chi connectivity index (χ3n) is 11.4. The summed E-state index contributed by atoms with van der Waals surface area (Å²) in [5.41, 5.74) is 4.32. The minimum absolute atomic E-state index is 0.0247. The number of anilines is 1. The number of pyridine rings is 1. The van der Waals surface area contributed by atoms with Gasteiger partial charge in [-0.15, -0.1) is 11.8 Å². The molecule has 0 radical (unpaired) electrons. The number of aromatic nitrogens is 1. The normalized spacial score (nSPS) is 20.0. The zero-order valence-corrected chi connectivity index (χ0v) is 33.4. The Bertz CT molecular complexity index is 1710. The number of carboxylic acids is 2. The smallest absolute Gasteiger partial charge is 0.373 e. The molecule has 0 spiro atoms. The molecule has 3 amide bonds. The number of rotatable bonds is 18. The van der Waals surface area contributed by atoms with Crippen LogP contribution in [0.15, 0.2) is 53.7 Å². The molecule has 15 heteroatoms. The molecule has 1 saturated carbocycles. The number of hydrogen-bond acceptors (Lipinski definition) is 10. The van der Waals surface area contributed by atoms with Gasteiger partial charge in [-0.2, -0.15) is 0 Å². The number of carbonyl (C=O) groups is 6. The number of fused-ring (bicyclic) bond motifs is 1. The van der Waals surface area contributed by atoms with Crippen LogP contribution in [0.4, 0.5) is 5.69 Å². The van der Waals surface area contributed by atoms with Gasteiger partial charge in [0, 0.05) is 42.4 Å². The highest BCUT2D eigenvalue weighted by Gasteiger charge is 2.46. The summed E-state index contributed by atoms with van der Waals surface area (Å²) >= 11 is 1.37. The highest BCUT2D eigenvalue weighted by Crippen LogP contribution is 2.39. The summed E-state index contributed by atoms with van der Waals surface area (Å²) in [5, 5.41) is 24.2. The minimum Gasteiger partial charge on any atom is -0.480 e. The number of ketones is 1. The number of likely N-dealkylation sites (tertiary alicyclic amines) is 1. The van der Waals surface area contributed by atoms with Crippen molar-refractivity contribution < 1.29 is 39.0 Å². The first kappa shape index (κ1) is 42.8. The van der Waals surface area contributed by atoms with Crippen LogP contribution in [0.25, 0.3) is 0 Å². The van der Waals surface area contributed by atoms with E-state index < -0.39 is 53.6 Å². The van der Waals surface area contributed by atoms with E-state index in [0.717, 1.165) is 67.8 Å². The van der Waals surface area contributed by atoms with Crippen molar-refractivity contribution in [3.05, 3.63) is 54.4 Å². The van der Waals surface area contributed by atoms with Gasteiger partial charge in [0.1, 0.15) is 18.1 Å². The van der Waals surface area contributed by atoms with Crippen LogP contribution >= 0.6 is 11.8 Å². The van der Waals surface area contributed by atoms with Crippen molar-refractivity contribution in [1.29, 1.82) is 0 Å². The predicted octanol–water partition coefficient (Wildman–Crippen LogP) is 4.17. The Balaban J connectivity index is 1.60. The molecular weight excluding hydrogens is 737 g/mol. The molecule has 1 saturated heterocycles. The van der Waals surface area contributed by atoms with Crippen LogP contribution < -0.4 is 15.6 Å². The number of piperidine rings is 1. The molecular formula is C41H56N6O8S. The standard InChI is InChI=1S/C41H56N6O8S/c1-26(2)22-29(40(52)53)43-39(51)31(23-27-12-6-4-7-13-27)47(34(48)18-21-46-32-24-42-19-17-33(32)56-25-35(46)49)44-37(38(50)41(54)55)36(28-14-8-5-9-15-28)30-16-10-11-20-45(30)3/h4,6-7,12-13,17,19,24,26,28-31,36-37,44H,5,8-11,14-16,18,20-23,25H2,1-3H3,(H,43,51)(H,52,53)(H,54,55)/t29-,30?,31-,36?,37?/m0/s1. The molecule has 2 fully saturated rings. The Morgan fingerprint density at radius 3 is 2.36 bits per heavy atom. The van der Waals surface area contributed by atoms with Crippen LogP contribution in [0.5, 0.6) is 0 Å². The lowest BCUT2D eigenvalue weighted by atomic mass is 9.70. The number of hydrazine groups is 1. The summed E-state index contributed by atoms with van der Waals surface area (Å²) in [7, 11) is 1.98. The van der Waals surface area contributed by atoms with Crippen LogP contribution in [-0.2, 0) is 35.2 Å². The molecule has 3 unspecified atom stereocenters. The number of carboxylic acid groups (broad SMARTS) is 2. The molecule has 5 rings (SSSR count). The number of hydrogen-bond donors (Lipinski definition) is 4. The van der Waals surface area contributed by atoms with Gasteiger partial charge in [-0.25, -0.2) is 15.0 Å². The van der Waals surface area contributed by atoms with Crippen molar-refractivity contribution in [1.82, 2.24) is 25.6 Å². The quantitative estimate of drug-likeness (QED) is 0.125. The van der Waals surface area contributed by atoms with E-state index in [1.54, 1.807) is 48.8 Å². The molecule has 1 aromatic heterocycles. The SMILES string of the molecule is CC(C)C[C@H](NC(=O)[C@H](Cc1ccccc1)N(NC(C(=O)C(=O)O)C(C1CCCCC1)C1CCCCN1C)C(=O)CCN1C(=O)CSc2ccncc21)C(=O)O. The van der Waals surface area contributed by atoms with Crippen molar-refractivity contribution in [3.63, 3.8) is 0 Å². The van der Waals surface area contributed by atoms with Gasteiger partial charge in [-0.1, -0.05) is 82.7 Å². The molecule has 56 heavy (non-hydrogen) atoms. The summed E-state index contributed by atoms with van der Waals surface area (Å²) in [6.07, 6.45) is 10.0. The fraction of sp³-hybridized carbons (Fsp3) is 0.585. The second-order valence-electron chi connectivity index (χ2n) is 15.7. The van der Waals surface area contributed by atoms with Gasteiger partial charge in [0.05, 0.1) is 17.6 Å². The van der Waals surface area contributed by atoms with Crippen molar-refractivity contribution in [3.8, 4) is 0 Å². The summed E-state index contributed by atoms with van der Waals surface area (Å²) in [6.45, 7) is 4.37. The number of benzene rings is 1. The van der Waals surface area contributed by atoms with Gasteiger partial charge < -0.3 is 25.3 Å². The third kappa shape index (κ3) is 10.9. The number of nitrogens with one attached hydrogen (secondary N) is 2. The van der Waals surface area contributed by atoms with Gasteiger partial charge in [-0.05, 0) is 56.3 Å². The number of amides is 3. The Morgan fingerprint density at radius 2 is 1.70 bits per heavy atom. The van der Waals surface area contributed by atoms with E-state index in [2.05, 4.69) is 20.6 Å². The average molecular weight is 793 g/mol. The van der Waals surface area contributed by atoms with Crippen LogP contribution in [0, 0.1) is 17.8 Å². The number of Topliss-reactive ketones (excluding diaryl/α,β-unsaturated/α-hetero) is 1. The zero-order chi connectivity index (χ0) is 40.4. The van der Waals surface area contributed by atoms with E-state index in [1.165, 1.54) is 16.7 Å². The maximum Gasteiger partial charge on any atom is 0.373 e. The van der Waals surface area contributed by atoms with E-state index >= 15 is 0 Å². The number of nitrogens with zero attached hydrogens (tertiary/aromatic N) is 4. The van der Waals surface area contributed by atoms with Crippen molar-refractivity contribution >= 4 is 52.9 Å². The Labute approximate surface area is 333 Å². The molecule has 3 aliphatic rings. The third-order valence-corrected chi connectivity index (χ3v) is 12.4. The molecule has 2 aromatic rings. The topological polar surface area (TPSA) is 190 Å². The summed E-state index contributed by atoms with van der Waals surface area (Å²) < 4.78 is 0. The molecule has 0 bridgehead atoms. The maximum atomic E-state index is 14.8. The summed E-state index contributed by atoms with van der Waals surface area (Å²) in [5.74, 6) is -6.11. The summed E-state index contributed by atoms with van der Waals surface area (Å²) in [4.78, 5) is 90.5. The predicted molar refractivity (Wildman–Crippen MR) is 212 cm³/mol. The van der Waals surface area contributed by atoms with Gasteiger partial charge in [0.15, 0.2) is 0 Å². The number of carbonyl (C=O) groups excluding carboxylic acids is 4. The molecule has 304 valence electrons. The lowest BCUT2D eigenvalue weighted by Crippen LogP contribution is -2.66. The van der Waals surface area contributed by atoms with Crippen molar-refractivity contribution in [2.75, 3.05) is 30.8 Å². The van der Waals surface area contributed by atoms with E-state index in [9.17, 15) is 39.0 Å². The highest BCUT2D eigenvalue weighted by atomic mass is 32.2. The average Bonchev–Trinajstić information content (AvgIpc) is 3.18. The lowest BCUT2D eigenvalue weighted by molar-refractivity contribution is -0.156. The van der Waals surface area contributed by atoms with E-state index in [1.807, 2.05) is 20.9 Å². The number of aliphatic carboxylic acids is 2. The largest absolute Gasteiger partial charge is 0.480 e. The number of thioether (sulfide) groups is 1. The Morgan fingerprint density at radius 1 is 0.982 bits per heavy atom. The highest BCUT2D eigenvalue weighted by molar-refractivity contribution is 8.00. The molecule has 5 atom stereocenters. The van der Waals surface area contributed by atoms with Crippen LogP contribution in [-0.4, -0.2) is 111 Å². The second kappa shape index (κ2) is 20.2. The first-order valence-electron chi connectivity index (χ1n) is 19.9. The first-order valence-corrected chi connectivity index (χ1v) is 20.8. The monoisotopic (exact) mass is 792 g/mol. The minimum atomic E-state index is -1.65. The summed E-state index contributed by atoms with van der Waals surface area (Å²) in [6, 6.07) is 6.49. The zero-order valence-electron chi connectivity index (χ0n) is 32.6. The molecule has 1 aromatic carbocycles. The van der Waals surface area contributed by atoms with Crippen molar-refractivity contribution in [2.45, 2.75) is 114 Å². The van der Waals surface area contributed by atoms with E-state index in [-0.39, 0.29) is 55.3 Å². The van der Waals surface area contributed by atoms with Crippen LogP contribution in [0.3, 0.4) is 0 Å². The Kier molecular flexibility index (Phi) is 15.4. The van der Waals surface area contributed by atoms with Gasteiger partial charge in [-0.3, -0.25) is 29.2 Å². The van der Waals surface area contributed by atoms with Crippen LogP contribution in [0.2, 0.25) is 0 Å².